The average Bonchev–Trinajstić information content (AvgIpc) is 2.25. The molecule has 0 unspecified atom stereocenters. The smallest absolute Gasteiger partial charge is 0.333 e. The van der Waals surface area contributed by atoms with Crippen molar-refractivity contribution in [1.82, 2.24) is 4.72 Å². The molecular weight excluding hydrogens is 350 g/mol. The molecule has 0 saturated heterocycles. The van der Waals surface area contributed by atoms with Gasteiger partial charge in [0, 0.05) is 11.0 Å². The summed E-state index contributed by atoms with van der Waals surface area (Å²) in [5.74, 6) is -1.51. The molecule has 0 fully saturated rings. The molecule has 0 radical (unpaired) electrons. The van der Waals surface area contributed by atoms with Crippen molar-refractivity contribution in [2.24, 2.45) is 0 Å². The maximum absolute atomic E-state index is 11.8. The molecule has 6 nitrogen and oxygen atoms in total. The Morgan fingerprint density at radius 3 is 2.61 bits per heavy atom. The van der Waals surface area contributed by atoms with E-state index in [2.05, 4.69) is 15.9 Å². The molecule has 0 saturated carbocycles. The number of nitrogens with one attached hydrogen (secondary N) is 1. The zero-order chi connectivity index (χ0) is 13.9. The maximum Gasteiger partial charge on any atom is 0.333 e. The molecule has 0 aliphatic carbocycles. The van der Waals surface area contributed by atoms with Gasteiger partial charge in [0.05, 0.1) is 5.02 Å². The van der Waals surface area contributed by atoms with E-state index in [0.29, 0.717) is 4.47 Å². The van der Waals surface area contributed by atoms with Gasteiger partial charge in [0.1, 0.15) is 4.90 Å². The zero-order valence-corrected chi connectivity index (χ0v) is 12.0. The van der Waals surface area contributed by atoms with Crippen LogP contribution in [-0.2, 0) is 14.8 Å². The van der Waals surface area contributed by atoms with E-state index in [1.54, 1.807) is 0 Å². The molecule has 0 bridgehead atoms. The van der Waals surface area contributed by atoms with Crippen LogP contribution in [0.25, 0.3) is 0 Å². The fourth-order valence-corrected chi connectivity index (χ4v) is 3.12. The Labute approximate surface area is 117 Å². The van der Waals surface area contributed by atoms with E-state index < -0.39 is 28.6 Å². The normalized spacial score (nSPS) is 13.3. The lowest BCUT2D eigenvalue weighted by molar-refractivity contribution is -0.146. The fraction of sp³-hybridized carbons (Fsp3) is 0.222. The number of carboxylic acids is 1. The molecule has 0 aromatic heterocycles. The second kappa shape index (κ2) is 5.98. The van der Waals surface area contributed by atoms with Gasteiger partial charge in [0.2, 0.25) is 10.0 Å². The number of halogens is 2. The highest BCUT2D eigenvalue weighted by atomic mass is 79.9. The van der Waals surface area contributed by atoms with Crippen LogP contribution in [0.3, 0.4) is 0 Å². The molecular formula is C9H9BrClNO5S. The minimum Gasteiger partial charge on any atom is -0.479 e. The number of aliphatic hydroxyl groups excluding tert-OH is 1. The van der Waals surface area contributed by atoms with Crippen molar-refractivity contribution in [2.75, 3.05) is 6.54 Å². The summed E-state index contributed by atoms with van der Waals surface area (Å²) in [5.41, 5.74) is 0. The molecule has 1 atom stereocenters. The van der Waals surface area contributed by atoms with E-state index in [1.807, 2.05) is 4.72 Å². The average molecular weight is 359 g/mol. The first-order valence-electron chi connectivity index (χ1n) is 4.59. The number of hydrogen-bond donors (Lipinski definition) is 3. The SMILES string of the molecule is O=C(O)[C@@H](O)CNS(=O)(=O)c1ccc(Br)cc1Cl. The minimum atomic E-state index is -3.96. The molecule has 1 aromatic carbocycles. The largest absolute Gasteiger partial charge is 0.479 e. The Morgan fingerprint density at radius 1 is 1.50 bits per heavy atom. The molecule has 0 aliphatic rings. The monoisotopic (exact) mass is 357 g/mol. The lowest BCUT2D eigenvalue weighted by Gasteiger charge is -2.10. The van der Waals surface area contributed by atoms with Crippen molar-refractivity contribution in [2.45, 2.75) is 11.0 Å². The predicted molar refractivity (Wildman–Crippen MR) is 68.0 cm³/mol. The maximum atomic E-state index is 11.8. The van der Waals surface area contributed by atoms with Crippen LogP contribution in [-0.4, -0.2) is 37.2 Å². The Balaban J connectivity index is 2.90. The predicted octanol–water partition coefficient (Wildman–Crippen LogP) is 0.826. The van der Waals surface area contributed by atoms with Gasteiger partial charge in [-0.15, -0.1) is 0 Å². The zero-order valence-electron chi connectivity index (χ0n) is 8.80. The van der Waals surface area contributed by atoms with Gasteiger partial charge in [-0.2, -0.15) is 0 Å². The van der Waals surface area contributed by atoms with Crippen LogP contribution in [0.4, 0.5) is 0 Å². The summed E-state index contributed by atoms with van der Waals surface area (Å²) in [7, 11) is -3.96. The molecule has 100 valence electrons. The number of carboxylic acid groups (broad SMARTS) is 1. The topological polar surface area (TPSA) is 104 Å². The van der Waals surface area contributed by atoms with Gasteiger partial charge in [-0.3, -0.25) is 0 Å². The summed E-state index contributed by atoms with van der Waals surface area (Å²) in [6.07, 6.45) is -1.81. The van der Waals surface area contributed by atoms with Crippen molar-refractivity contribution in [3.8, 4) is 0 Å². The van der Waals surface area contributed by atoms with Crippen LogP contribution in [0.15, 0.2) is 27.6 Å². The first kappa shape index (κ1) is 15.4. The first-order valence-corrected chi connectivity index (χ1v) is 7.25. The summed E-state index contributed by atoms with van der Waals surface area (Å²) in [6, 6.07) is 4.14. The van der Waals surface area contributed by atoms with Crippen molar-refractivity contribution in [3.63, 3.8) is 0 Å². The molecule has 18 heavy (non-hydrogen) atoms. The third kappa shape index (κ3) is 3.92. The second-order valence-electron chi connectivity index (χ2n) is 3.28. The number of aliphatic hydroxyl groups is 1. The summed E-state index contributed by atoms with van der Waals surface area (Å²) in [6.45, 7) is -0.635. The summed E-state index contributed by atoms with van der Waals surface area (Å²) in [5, 5.41) is 17.4. The van der Waals surface area contributed by atoms with Crippen LogP contribution >= 0.6 is 27.5 Å². The molecule has 1 rings (SSSR count). The Morgan fingerprint density at radius 2 is 2.11 bits per heavy atom. The van der Waals surface area contributed by atoms with Crippen LogP contribution in [0.1, 0.15) is 0 Å². The number of benzene rings is 1. The number of aliphatic carboxylic acids is 1. The molecule has 0 heterocycles. The van der Waals surface area contributed by atoms with E-state index in [9.17, 15) is 13.2 Å². The highest BCUT2D eigenvalue weighted by molar-refractivity contribution is 9.10. The standard InChI is InChI=1S/C9H9BrClNO5S/c10-5-1-2-8(6(11)3-5)18(16,17)12-4-7(13)9(14)15/h1-3,7,12-13H,4H2,(H,14,15)/t7-/m0/s1. The van der Waals surface area contributed by atoms with E-state index in [1.165, 1.54) is 18.2 Å². The lowest BCUT2D eigenvalue weighted by atomic mass is 10.4. The minimum absolute atomic E-state index is 0.0123. The van der Waals surface area contributed by atoms with Gasteiger partial charge in [-0.25, -0.2) is 17.9 Å². The molecule has 0 spiro atoms. The molecule has 9 heteroatoms. The molecule has 1 aromatic rings. The van der Waals surface area contributed by atoms with Gasteiger partial charge in [-0.1, -0.05) is 27.5 Å². The fourth-order valence-electron chi connectivity index (χ4n) is 1.05. The van der Waals surface area contributed by atoms with Gasteiger partial charge in [-0.05, 0) is 18.2 Å². The van der Waals surface area contributed by atoms with Crippen molar-refractivity contribution >= 4 is 43.5 Å². The summed E-state index contributed by atoms with van der Waals surface area (Å²) in [4.78, 5) is 10.2. The molecule has 0 aliphatic heterocycles. The van der Waals surface area contributed by atoms with E-state index >= 15 is 0 Å². The highest BCUT2D eigenvalue weighted by Crippen LogP contribution is 2.24. The third-order valence-electron chi connectivity index (χ3n) is 1.94. The number of sulfonamides is 1. The van der Waals surface area contributed by atoms with Gasteiger partial charge < -0.3 is 10.2 Å². The van der Waals surface area contributed by atoms with Crippen molar-refractivity contribution in [3.05, 3.63) is 27.7 Å². The summed E-state index contributed by atoms with van der Waals surface area (Å²) < 4.78 is 26.1. The Hall–Kier alpha value is -0.670. The third-order valence-corrected chi connectivity index (χ3v) is 4.33. The van der Waals surface area contributed by atoms with Crippen molar-refractivity contribution < 1.29 is 23.4 Å². The molecule has 3 N–H and O–H groups in total. The van der Waals surface area contributed by atoms with Gasteiger partial charge in [0.25, 0.3) is 0 Å². The van der Waals surface area contributed by atoms with Gasteiger partial charge >= 0.3 is 5.97 Å². The van der Waals surface area contributed by atoms with E-state index in [4.69, 9.17) is 21.8 Å². The van der Waals surface area contributed by atoms with E-state index in [-0.39, 0.29) is 9.92 Å². The van der Waals surface area contributed by atoms with Gasteiger partial charge in [0.15, 0.2) is 6.10 Å². The number of carbonyl (C=O) groups is 1. The second-order valence-corrected chi connectivity index (χ2v) is 6.34. The van der Waals surface area contributed by atoms with Crippen LogP contribution in [0.5, 0.6) is 0 Å². The van der Waals surface area contributed by atoms with Crippen LogP contribution in [0, 0.1) is 0 Å². The quantitative estimate of drug-likeness (QED) is 0.723. The first-order chi connectivity index (χ1) is 8.24. The van der Waals surface area contributed by atoms with Crippen LogP contribution in [0.2, 0.25) is 5.02 Å². The lowest BCUT2D eigenvalue weighted by Crippen LogP contribution is -2.36. The highest BCUT2D eigenvalue weighted by Gasteiger charge is 2.21. The summed E-state index contributed by atoms with van der Waals surface area (Å²) >= 11 is 8.89. The molecule has 0 amide bonds. The Bertz CT molecular complexity index is 562. The number of hydrogen-bond acceptors (Lipinski definition) is 4. The van der Waals surface area contributed by atoms with E-state index in [0.717, 1.165) is 0 Å². The van der Waals surface area contributed by atoms with Crippen molar-refractivity contribution in [1.29, 1.82) is 0 Å². The van der Waals surface area contributed by atoms with Crippen LogP contribution < -0.4 is 4.72 Å². The number of rotatable bonds is 5. The Kier molecular flexibility index (Phi) is 5.11.